The maximum absolute atomic E-state index is 5.69. The summed E-state index contributed by atoms with van der Waals surface area (Å²) >= 11 is 0. The average molecular weight is 243 g/mol. The highest BCUT2D eigenvalue weighted by atomic mass is 15.2. The second-order valence-corrected chi connectivity index (χ2v) is 4.99. The van der Waals surface area contributed by atoms with Crippen molar-refractivity contribution in [1.82, 2.24) is 4.98 Å². The molecular weight excluding hydrogens is 222 g/mol. The van der Waals surface area contributed by atoms with E-state index in [2.05, 4.69) is 51.3 Å². The predicted octanol–water partition coefficient (Wildman–Crippen LogP) is 3.51. The molecule has 0 aliphatic carbocycles. The number of anilines is 1. The molecule has 1 aromatic heterocycles. The molecule has 0 aliphatic heterocycles. The molecule has 0 radical (unpaired) electrons. The molecule has 0 aliphatic rings. The van der Waals surface area contributed by atoms with Crippen molar-refractivity contribution in [2.24, 2.45) is 5.84 Å². The standard InChI is InChI=1S/C15H21N3/c1-5-13-10(4)15(18-16)12-8-11(9(2)3)6-7-14(12)17-13/h6-9H,5,16H2,1-4H3,(H,17,18). The lowest BCUT2D eigenvalue weighted by Crippen LogP contribution is -2.11. The molecule has 1 aromatic carbocycles. The van der Waals surface area contributed by atoms with Gasteiger partial charge in [0.25, 0.3) is 0 Å². The van der Waals surface area contributed by atoms with Gasteiger partial charge in [-0.25, -0.2) is 0 Å². The zero-order valence-corrected chi connectivity index (χ0v) is 11.5. The van der Waals surface area contributed by atoms with Gasteiger partial charge in [-0.2, -0.15) is 0 Å². The molecule has 0 fully saturated rings. The van der Waals surface area contributed by atoms with Crippen molar-refractivity contribution in [3.63, 3.8) is 0 Å². The van der Waals surface area contributed by atoms with Crippen LogP contribution in [-0.2, 0) is 6.42 Å². The highest BCUT2D eigenvalue weighted by Gasteiger charge is 2.11. The summed E-state index contributed by atoms with van der Waals surface area (Å²) in [6, 6.07) is 6.42. The molecule has 1 heterocycles. The van der Waals surface area contributed by atoms with Crippen LogP contribution in [0.15, 0.2) is 18.2 Å². The fraction of sp³-hybridized carbons (Fsp3) is 0.400. The third-order valence-electron chi connectivity index (χ3n) is 3.50. The summed E-state index contributed by atoms with van der Waals surface area (Å²) in [5.41, 5.74) is 8.41. The van der Waals surface area contributed by atoms with Gasteiger partial charge in [-0.1, -0.05) is 26.8 Å². The van der Waals surface area contributed by atoms with Gasteiger partial charge in [0.15, 0.2) is 0 Å². The Morgan fingerprint density at radius 1 is 1.33 bits per heavy atom. The van der Waals surface area contributed by atoms with Crippen LogP contribution in [0.3, 0.4) is 0 Å². The quantitative estimate of drug-likeness (QED) is 0.640. The summed E-state index contributed by atoms with van der Waals surface area (Å²) in [6.07, 6.45) is 0.919. The highest BCUT2D eigenvalue weighted by molar-refractivity contribution is 5.93. The van der Waals surface area contributed by atoms with Gasteiger partial charge in [0, 0.05) is 11.1 Å². The van der Waals surface area contributed by atoms with E-state index in [1.165, 1.54) is 5.56 Å². The van der Waals surface area contributed by atoms with Gasteiger partial charge in [-0.3, -0.25) is 10.8 Å². The van der Waals surface area contributed by atoms with Crippen LogP contribution in [0.5, 0.6) is 0 Å². The van der Waals surface area contributed by atoms with Crippen LogP contribution in [-0.4, -0.2) is 4.98 Å². The molecule has 0 saturated heterocycles. The van der Waals surface area contributed by atoms with Crippen LogP contribution in [0.1, 0.15) is 43.5 Å². The maximum Gasteiger partial charge on any atom is 0.0726 e. The zero-order chi connectivity index (χ0) is 13.3. The Balaban J connectivity index is 2.77. The third kappa shape index (κ3) is 2.06. The SMILES string of the molecule is CCc1nc2ccc(C(C)C)cc2c(NN)c1C. The normalized spacial score (nSPS) is 11.2. The summed E-state index contributed by atoms with van der Waals surface area (Å²) < 4.78 is 0. The van der Waals surface area contributed by atoms with Gasteiger partial charge in [0.2, 0.25) is 0 Å². The van der Waals surface area contributed by atoms with Crippen LogP contribution in [0, 0.1) is 6.92 Å². The van der Waals surface area contributed by atoms with Gasteiger partial charge in [-0.05, 0) is 42.5 Å². The van der Waals surface area contributed by atoms with Gasteiger partial charge < -0.3 is 5.43 Å². The number of pyridine rings is 1. The molecule has 0 spiro atoms. The van der Waals surface area contributed by atoms with Crippen LogP contribution in [0.2, 0.25) is 0 Å². The van der Waals surface area contributed by atoms with Crippen LogP contribution >= 0.6 is 0 Å². The van der Waals surface area contributed by atoms with E-state index in [4.69, 9.17) is 10.8 Å². The van der Waals surface area contributed by atoms with Crippen LogP contribution in [0.25, 0.3) is 10.9 Å². The molecule has 2 aromatic rings. The van der Waals surface area contributed by atoms with E-state index >= 15 is 0 Å². The van der Waals surface area contributed by atoms with Crippen molar-refractivity contribution in [2.75, 3.05) is 5.43 Å². The molecule has 0 bridgehead atoms. The molecule has 0 amide bonds. The third-order valence-corrected chi connectivity index (χ3v) is 3.50. The second-order valence-electron chi connectivity index (χ2n) is 4.99. The number of hydrazine groups is 1. The Morgan fingerprint density at radius 3 is 2.61 bits per heavy atom. The Labute approximate surface area is 108 Å². The second kappa shape index (κ2) is 4.94. The van der Waals surface area contributed by atoms with Crippen molar-refractivity contribution in [3.8, 4) is 0 Å². The van der Waals surface area contributed by atoms with Gasteiger partial charge in [-0.15, -0.1) is 0 Å². The van der Waals surface area contributed by atoms with E-state index in [9.17, 15) is 0 Å². The number of aromatic nitrogens is 1. The van der Waals surface area contributed by atoms with E-state index in [0.717, 1.165) is 34.3 Å². The number of hydrogen-bond donors (Lipinski definition) is 2. The molecule has 0 unspecified atom stereocenters. The minimum absolute atomic E-state index is 0.506. The number of benzene rings is 1. The lowest BCUT2D eigenvalue weighted by atomic mass is 9.98. The molecule has 3 heteroatoms. The Hall–Kier alpha value is -1.61. The van der Waals surface area contributed by atoms with E-state index in [-0.39, 0.29) is 0 Å². The lowest BCUT2D eigenvalue weighted by molar-refractivity contribution is 0.868. The Kier molecular flexibility index (Phi) is 3.53. The summed E-state index contributed by atoms with van der Waals surface area (Å²) in [4.78, 5) is 4.71. The molecule has 3 N–H and O–H groups in total. The fourth-order valence-corrected chi connectivity index (χ4v) is 2.32. The number of aryl methyl sites for hydroxylation is 1. The van der Waals surface area contributed by atoms with Crippen molar-refractivity contribution in [2.45, 2.75) is 40.0 Å². The monoisotopic (exact) mass is 243 g/mol. The number of fused-ring (bicyclic) bond motifs is 1. The van der Waals surface area contributed by atoms with Crippen molar-refractivity contribution in [3.05, 3.63) is 35.0 Å². The number of hydrogen-bond acceptors (Lipinski definition) is 3. The number of rotatable bonds is 3. The van der Waals surface area contributed by atoms with Crippen molar-refractivity contribution < 1.29 is 0 Å². The number of nitrogen functional groups attached to an aromatic ring is 1. The fourth-order valence-electron chi connectivity index (χ4n) is 2.32. The van der Waals surface area contributed by atoms with E-state index in [1.807, 2.05) is 0 Å². The minimum atomic E-state index is 0.506. The first-order valence-electron chi connectivity index (χ1n) is 6.48. The highest BCUT2D eigenvalue weighted by Crippen LogP contribution is 2.30. The number of nitrogens with two attached hydrogens (primary N) is 1. The lowest BCUT2D eigenvalue weighted by Gasteiger charge is -2.15. The predicted molar refractivity (Wildman–Crippen MR) is 77.8 cm³/mol. The summed E-state index contributed by atoms with van der Waals surface area (Å²) in [5, 5.41) is 1.11. The Morgan fingerprint density at radius 2 is 2.06 bits per heavy atom. The van der Waals surface area contributed by atoms with Crippen LogP contribution in [0.4, 0.5) is 5.69 Å². The maximum atomic E-state index is 5.69. The summed E-state index contributed by atoms with van der Waals surface area (Å²) in [6.45, 7) is 8.57. The molecule has 0 saturated carbocycles. The molecule has 2 rings (SSSR count). The van der Waals surface area contributed by atoms with Crippen molar-refractivity contribution in [1.29, 1.82) is 0 Å². The van der Waals surface area contributed by atoms with Gasteiger partial charge in [0.1, 0.15) is 0 Å². The van der Waals surface area contributed by atoms with Crippen molar-refractivity contribution >= 4 is 16.6 Å². The van der Waals surface area contributed by atoms with E-state index < -0.39 is 0 Å². The molecule has 96 valence electrons. The number of nitrogens with one attached hydrogen (secondary N) is 1. The molecule has 3 nitrogen and oxygen atoms in total. The molecule has 18 heavy (non-hydrogen) atoms. The topological polar surface area (TPSA) is 50.9 Å². The van der Waals surface area contributed by atoms with Crippen LogP contribution < -0.4 is 11.3 Å². The minimum Gasteiger partial charge on any atom is -0.323 e. The first kappa shape index (κ1) is 12.8. The smallest absolute Gasteiger partial charge is 0.0726 e. The first-order valence-corrected chi connectivity index (χ1v) is 6.48. The molecule has 0 atom stereocenters. The largest absolute Gasteiger partial charge is 0.323 e. The summed E-state index contributed by atoms with van der Waals surface area (Å²) in [7, 11) is 0. The number of nitrogens with zero attached hydrogens (tertiary/aromatic N) is 1. The Bertz CT molecular complexity index is 573. The average Bonchev–Trinajstić information content (AvgIpc) is 2.37. The summed E-state index contributed by atoms with van der Waals surface area (Å²) in [5.74, 6) is 6.19. The van der Waals surface area contributed by atoms with E-state index in [1.54, 1.807) is 0 Å². The first-order chi connectivity index (χ1) is 8.58. The van der Waals surface area contributed by atoms with Gasteiger partial charge in [0.05, 0.1) is 11.2 Å². The van der Waals surface area contributed by atoms with Gasteiger partial charge >= 0.3 is 0 Å². The molecular formula is C15H21N3. The van der Waals surface area contributed by atoms with E-state index in [0.29, 0.717) is 5.92 Å². The zero-order valence-electron chi connectivity index (χ0n) is 11.5.